The number of anilines is 1. The number of benzene rings is 2. The Morgan fingerprint density at radius 3 is 2.69 bits per heavy atom. The van der Waals surface area contributed by atoms with E-state index in [1.807, 2.05) is 49.4 Å². The van der Waals surface area contributed by atoms with Gasteiger partial charge in [-0.3, -0.25) is 9.69 Å². The monoisotopic (exact) mass is 390 g/mol. The number of nitrogens with zero attached hydrogens (tertiary/aromatic N) is 3. The Morgan fingerprint density at radius 2 is 1.97 bits per heavy atom. The van der Waals surface area contributed by atoms with Gasteiger partial charge in [0.05, 0.1) is 12.8 Å². The van der Waals surface area contributed by atoms with Gasteiger partial charge in [-0.05, 0) is 67.4 Å². The zero-order valence-electron chi connectivity index (χ0n) is 17.1. The van der Waals surface area contributed by atoms with Crippen LogP contribution in [-0.4, -0.2) is 34.2 Å². The van der Waals surface area contributed by atoms with E-state index >= 15 is 0 Å². The van der Waals surface area contributed by atoms with Gasteiger partial charge in [0.15, 0.2) is 5.69 Å². The van der Waals surface area contributed by atoms with Crippen LogP contribution in [0, 0.1) is 6.92 Å². The first-order valence-electron chi connectivity index (χ1n) is 9.94. The van der Waals surface area contributed by atoms with Gasteiger partial charge >= 0.3 is 0 Å². The minimum Gasteiger partial charge on any atom is -0.497 e. The number of ether oxygens (including phenoxy) is 1. The van der Waals surface area contributed by atoms with E-state index in [1.54, 1.807) is 11.8 Å². The molecular formula is C23H26N4O2. The summed E-state index contributed by atoms with van der Waals surface area (Å²) in [7, 11) is 1.64. The fourth-order valence-corrected chi connectivity index (χ4v) is 3.84. The lowest BCUT2D eigenvalue weighted by atomic mass is 10.1. The highest BCUT2D eigenvalue weighted by atomic mass is 16.5. The Bertz CT molecular complexity index is 1020. The molecule has 4 rings (SSSR count). The average Bonchev–Trinajstić information content (AvgIpc) is 3.32. The van der Waals surface area contributed by atoms with Crippen molar-refractivity contribution < 1.29 is 9.53 Å². The molecule has 6 heteroatoms. The number of aromatic nitrogens is 2. The van der Waals surface area contributed by atoms with E-state index in [-0.39, 0.29) is 5.91 Å². The predicted octanol–water partition coefficient (Wildman–Crippen LogP) is 4.17. The molecule has 1 aromatic heterocycles. The van der Waals surface area contributed by atoms with Gasteiger partial charge in [0, 0.05) is 24.5 Å². The summed E-state index contributed by atoms with van der Waals surface area (Å²) < 4.78 is 6.98. The van der Waals surface area contributed by atoms with Crippen molar-refractivity contribution in [2.45, 2.75) is 33.4 Å². The maximum Gasteiger partial charge on any atom is 0.276 e. The number of carbonyl (C=O) groups is 1. The molecule has 2 heterocycles. The molecule has 6 nitrogen and oxygen atoms in total. The number of hydrogen-bond acceptors (Lipinski definition) is 4. The van der Waals surface area contributed by atoms with Crippen molar-refractivity contribution in [1.29, 1.82) is 0 Å². The largest absolute Gasteiger partial charge is 0.497 e. The first kappa shape index (κ1) is 19.2. The average molecular weight is 390 g/mol. The minimum atomic E-state index is -0.192. The quantitative estimate of drug-likeness (QED) is 0.686. The highest BCUT2D eigenvalue weighted by Crippen LogP contribution is 2.29. The maximum atomic E-state index is 12.9. The van der Waals surface area contributed by atoms with Gasteiger partial charge < -0.3 is 10.1 Å². The van der Waals surface area contributed by atoms with Gasteiger partial charge in [-0.15, -0.1) is 0 Å². The Balaban J connectivity index is 1.54. The smallest absolute Gasteiger partial charge is 0.276 e. The molecule has 0 atom stereocenters. The second-order valence-corrected chi connectivity index (χ2v) is 7.39. The molecule has 2 aromatic carbocycles. The summed E-state index contributed by atoms with van der Waals surface area (Å²) in [5.74, 6) is 0.592. The lowest BCUT2D eigenvalue weighted by Crippen LogP contribution is -2.17. The highest BCUT2D eigenvalue weighted by molar-refractivity contribution is 6.03. The van der Waals surface area contributed by atoms with E-state index in [0.29, 0.717) is 5.69 Å². The molecule has 150 valence electrons. The molecular weight excluding hydrogens is 364 g/mol. The summed E-state index contributed by atoms with van der Waals surface area (Å²) in [6.07, 6.45) is 1.12. The summed E-state index contributed by atoms with van der Waals surface area (Å²) in [5.41, 5.74) is 5.56. The van der Waals surface area contributed by atoms with E-state index in [9.17, 15) is 4.79 Å². The fraction of sp³-hybridized carbons (Fsp3) is 0.304. The Morgan fingerprint density at radius 1 is 1.17 bits per heavy atom. The molecule has 0 aliphatic carbocycles. The normalized spacial score (nSPS) is 13.3. The van der Waals surface area contributed by atoms with Gasteiger partial charge in [0.1, 0.15) is 5.75 Å². The fourth-order valence-electron chi connectivity index (χ4n) is 3.84. The SMILES string of the molecule is CCCN1Cc2cccc(NC(=O)c3cc(C)n(-c4ccc(OC)cc4)n3)c2C1. The first-order valence-corrected chi connectivity index (χ1v) is 9.94. The van der Waals surface area contributed by atoms with Crippen LogP contribution in [0.1, 0.15) is 40.7 Å². The third-order valence-corrected chi connectivity index (χ3v) is 5.27. The molecule has 1 N–H and O–H groups in total. The van der Waals surface area contributed by atoms with Crippen molar-refractivity contribution in [3.8, 4) is 11.4 Å². The molecule has 1 aliphatic rings. The van der Waals surface area contributed by atoms with Crippen LogP contribution in [0.3, 0.4) is 0 Å². The summed E-state index contributed by atoms with van der Waals surface area (Å²) in [4.78, 5) is 15.3. The standard InChI is InChI=1S/C23H26N4O2/c1-4-12-26-14-17-6-5-7-21(20(17)15-26)24-23(28)22-13-16(2)27(25-22)18-8-10-19(29-3)11-9-18/h5-11,13H,4,12,14-15H2,1-3H3,(H,24,28). The zero-order chi connectivity index (χ0) is 20.4. The summed E-state index contributed by atoms with van der Waals surface area (Å²) in [6.45, 7) is 7.01. The number of methoxy groups -OCH3 is 1. The van der Waals surface area contributed by atoms with Crippen LogP contribution in [0.5, 0.6) is 5.75 Å². The van der Waals surface area contributed by atoms with Crippen molar-refractivity contribution in [1.82, 2.24) is 14.7 Å². The molecule has 0 saturated carbocycles. The molecule has 1 aliphatic heterocycles. The van der Waals surface area contributed by atoms with Crippen molar-refractivity contribution in [2.75, 3.05) is 19.0 Å². The second-order valence-electron chi connectivity index (χ2n) is 7.39. The molecule has 1 amide bonds. The minimum absolute atomic E-state index is 0.192. The molecule has 0 bridgehead atoms. The Hall–Kier alpha value is -3.12. The summed E-state index contributed by atoms with van der Waals surface area (Å²) in [6, 6.07) is 15.5. The van der Waals surface area contributed by atoms with Crippen LogP contribution in [-0.2, 0) is 13.1 Å². The van der Waals surface area contributed by atoms with Gasteiger partial charge in [-0.25, -0.2) is 4.68 Å². The van der Waals surface area contributed by atoms with Gasteiger partial charge in [-0.2, -0.15) is 5.10 Å². The molecule has 0 fully saturated rings. The van der Waals surface area contributed by atoms with E-state index < -0.39 is 0 Å². The Kier molecular flexibility index (Phi) is 5.36. The number of aryl methyl sites for hydroxylation is 1. The molecule has 0 spiro atoms. The van der Waals surface area contributed by atoms with Crippen LogP contribution < -0.4 is 10.1 Å². The molecule has 0 radical (unpaired) electrons. The van der Waals surface area contributed by atoms with Crippen LogP contribution in [0.25, 0.3) is 5.69 Å². The molecule has 29 heavy (non-hydrogen) atoms. The summed E-state index contributed by atoms with van der Waals surface area (Å²) in [5, 5.41) is 7.59. The number of fused-ring (bicyclic) bond motifs is 1. The number of rotatable bonds is 6. The third-order valence-electron chi connectivity index (χ3n) is 5.27. The van der Waals surface area contributed by atoms with Crippen LogP contribution in [0.15, 0.2) is 48.5 Å². The lowest BCUT2D eigenvalue weighted by molar-refractivity contribution is 0.102. The van der Waals surface area contributed by atoms with E-state index in [4.69, 9.17) is 4.74 Å². The van der Waals surface area contributed by atoms with Gasteiger partial charge in [0.2, 0.25) is 0 Å². The van der Waals surface area contributed by atoms with Crippen molar-refractivity contribution in [3.05, 3.63) is 71.0 Å². The van der Waals surface area contributed by atoms with Crippen molar-refractivity contribution in [2.24, 2.45) is 0 Å². The predicted molar refractivity (Wildman–Crippen MR) is 114 cm³/mol. The number of carbonyl (C=O) groups excluding carboxylic acids is 1. The zero-order valence-corrected chi connectivity index (χ0v) is 17.1. The number of hydrogen-bond donors (Lipinski definition) is 1. The van der Waals surface area contributed by atoms with Gasteiger partial charge in [0.25, 0.3) is 5.91 Å². The van der Waals surface area contributed by atoms with Crippen LogP contribution in [0.4, 0.5) is 5.69 Å². The second kappa shape index (κ2) is 8.09. The first-order chi connectivity index (χ1) is 14.1. The molecule has 3 aromatic rings. The van der Waals surface area contributed by atoms with Crippen LogP contribution >= 0.6 is 0 Å². The van der Waals surface area contributed by atoms with Crippen molar-refractivity contribution >= 4 is 11.6 Å². The van der Waals surface area contributed by atoms with E-state index in [0.717, 1.165) is 48.9 Å². The van der Waals surface area contributed by atoms with E-state index in [2.05, 4.69) is 28.3 Å². The maximum absolute atomic E-state index is 12.9. The Labute approximate surface area is 171 Å². The highest BCUT2D eigenvalue weighted by Gasteiger charge is 2.22. The lowest BCUT2D eigenvalue weighted by Gasteiger charge is -2.13. The number of nitrogens with one attached hydrogen (secondary N) is 1. The number of amides is 1. The van der Waals surface area contributed by atoms with Crippen molar-refractivity contribution in [3.63, 3.8) is 0 Å². The topological polar surface area (TPSA) is 59.4 Å². The van der Waals surface area contributed by atoms with Gasteiger partial charge in [-0.1, -0.05) is 19.1 Å². The molecule has 0 unspecified atom stereocenters. The molecule has 0 saturated heterocycles. The van der Waals surface area contributed by atoms with E-state index in [1.165, 1.54) is 11.1 Å². The van der Waals surface area contributed by atoms with Crippen LogP contribution in [0.2, 0.25) is 0 Å². The summed E-state index contributed by atoms with van der Waals surface area (Å²) >= 11 is 0. The third kappa shape index (κ3) is 3.89.